The molecule has 2 aromatic rings. The fourth-order valence-corrected chi connectivity index (χ4v) is 4.31. The molecule has 1 aliphatic heterocycles. The topological polar surface area (TPSA) is 136 Å². The molecule has 1 aliphatic rings. The molecule has 0 spiro atoms. The summed E-state index contributed by atoms with van der Waals surface area (Å²) >= 11 is 0. The molecule has 2 atom stereocenters. The van der Waals surface area contributed by atoms with Gasteiger partial charge in [-0.3, -0.25) is 19.6 Å². The molecular weight excluding hydrogens is 450 g/mol. The van der Waals surface area contributed by atoms with Gasteiger partial charge >= 0.3 is 5.97 Å². The van der Waals surface area contributed by atoms with Crippen LogP contribution >= 0.6 is 0 Å². The van der Waals surface area contributed by atoms with Crippen LogP contribution in [0.3, 0.4) is 0 Å². The van der Waals surface area contributed by atoms with Crippen LogP contribution < -0.4 is 10.8 Å². The Morgan fingerprint density at radius 3 is 2.17 bits per heavy atom. The molecular formula is C26H31N3O6. The van der Waals surface area contributed by atoms with E-state index in [2.05, 4.69) is 5.32 Å². The molecule has 1 heterocycles. The number of carbonyl (C=O) groups excluding carboxylic acids is 3. The molecule has 186 valence electrons. The van der Waals surface area contributed by atoms with Crippen molar-refractivity contribution in [3.63, 3.8) is 0 Å². The van der Waals surface area contributed by atoms with Gasteiger partial charge in [-0.25, -0.2) is 10.3 Å². The monoisotopic (exact) mass is 481 g/mol. The minimum absolute atomic E-state index is 0.167. The lowest BCUT2D eigenvalue weighted by atomic mass is 9.92. The highest BCUT2D eigenvalue weighted by Gasteiger charge is 2.36. The SMILES string of the molecule is O=C(CCCCCCC(=O)N1Cc2ccccc2C[C@H]1C(=O)N[C@H](C(=O)O)c1ccccc1)NO. The van der Waals surface area contributed by atoms with E-state index in [1.54, 1.807) is 40.7 Å². The van der Waals surface area contributed by atoms with E-state index in [-0.39, 0.29) is 25.3 Å². The number of fused-ring (bicyclic) bond motifs is 1. The molecule has 0 saturated carbocycles. The minimum Gasteiger partial charge on any atom is -0.479 e. The third kappa shape index (κ3) is 7.13. The van der Waals surface area contributed by atoms with Crippen LogP contribution in [0.5, 0.6) is 0 Å². The molecule has 0 radical (unpaired) electrons. The van der Waals surface area contributed by atoms with Gasteiger partial charge in [0, 0.05) is 25.8 Å². The van der Waals surface area contributed by atoms with Crippen LogP contribution in [0.25, 0.3) is 0 Å². The highest BCUT2D eigenvalue weighted by atomic mass is 16.5. The number of amides is 3. The number of hydrogen-bond acceptors (Lipinski definition) is 5. The third-order valence-electron chi connectivity index (χ3n) is 6.21. The van der Waals surface area contributed by atoms with Crippen molar-refractivity contribution in [1.82, 2.24) is 15.7 Å². The summed E-state index contributed by atoms with van der Waals surface area (Å²) in [5.41, 5.74) is 3.99. The van der Waals surface area contributed by atoms with Crippen molar-refractivity contribution in [2.75, 3.05) is 0 Å². The van der Waals surface area contributed by atoms with Crippen LogP contribution in [0.15, 0.2) is 54.6 Å². The number of hydroxylamine groups is 1. The Labute approximate surface area is 204 Å². The minimum atomic E-state index is -1.21. The van der Waals surface area contributed by atoms with E-state index >= 15 is 0 Å². The molecule has 0 aliphatic carbocycles. The van der Waals surface area contributed by atoms with E-state index in [4.69, 9.17) is 5.21 Å². The third-order valence-corrected chi connectivity index (χ3v) is 6.21. The molecule has 0 bridgehead atoms. The van der Waals surface area contributed by atoms with Gasteiger partial charge in [0.05, 0.1) is 0 Å². The quantitative estimate of drug-likeness (QED) is 0.221. The number of carbonyl (C=O) groups is 4. The highest BCUT2D eigenvalue weighted by Crippen LogP contribution is 2.25. The lowest BCUT2D eigenvalue weighted by Gasteiger charge is -2.36. The first-order valence-electron chi connectivity index (χ1n) is 11.8. The number of nitrogens with one attached hydrogen (secondary N) is 2. The van der Waals surface area contributed by atoms with Crippen molar-refractivity contribution in [3.05, 3.63) is 71.3 Å². The predicted molar refractivity (Wildman–Crippen MR) is 127 cm³/mol. The first-order valence-corrected chi connectivity index (χ1v) is 11.8. The summed E-state index contributed by atoms with van der Waals surface area (Å²) in [5, 5.41) is 20.9. The molecule has 4 N–H and O–H groups in total. The molecule has 0 fully saturated rings. The number of hydrogen-bond donors (Lipinski definition) is 4. The van der Waals surface area contributed by atoms with Crippen LogP contribution in [0, 0.1) is 0 Å². The highest BCUT2D eigenvalue weighted by molar-refractivity contribution is 5.91. The average molecular weight is 482 g/mol. The van der Waals surface area contributed by atoms with Crippen LogP contribution in [0.1, 0.15) is 61.3 Å². The van der Waals surface area contributed by atoms with Gasteiger partial charge in [-0.2, -0.15) is 0 Å². The first kappa shape index (κ1) is 25.9. The second-order valence-electron chi connectivity index (χ2n) is 8.65. The van der Waals surface area contributed by atoms with E-state index in [1.807, 2.05) is 24.3 Å². The number of carboxylic acids is 1. The standard InChI is InChI=1S/C26H31N3O6/c30-22(28-35)14-6-1-2-7-15-23(31)29-17-20-13-9-8-12-19(20)16-21(29)25(32)27-24(26(33)34)18-10-4-3-5-11-18/h3-5,8-13,21,24,35H,1-2,6-7,14-17H2,(H,27,32)(H,28,30)(H,33,34)/t21-,24-/m0/s1. The van der Waals surface area contributed by atoms with Gasteiger partial charge in [0.1, 0.15) is 6.04 Å². The number of aliphatic carboxylic acids is 1. The van der Waals surface area contributed by atoms with E-state index in [0.29, 0.717) is 24.8 Å². The summed E-state index contributed by atoms with van der Waals surface area (Å²) in [5.74, 6) is -2.27. The summed E-state index contributed by atoms with van der Waals surface area (Å²) in [6.07, 6.45) is 3.48. The smallest absolute Gasteiger partial charge is 0.330 e. The normalized spacial score (nSPS) is 15.6. The number of benzene rings is 2. The number of carboxylic acid groups (broad SMARTS) is 1. The van der Waals surface area contributed by atoms with E-state index in [0.717, 1.165) is 24.0 Å². The van der Waals surface area contributed by atoms with Gasteiger partial charge < -0.3 is 15.3 Å². The Hall–Kier alpha value is -3.72. The number of rotatable bonds is 11. The maximum Gasteiger partial charge on any atom is 0.330 e. The van der Waals surface area contributed by atoms with Crippen LogP contribution in [0.4, 0.5) is 0 Å². The van der Waals surface area contributed by atoms with Crippen molar-refractivity contribution in [2.45, 2.75) is 63.6 Å². The number of unbranched alkanes of at least 4 members (excludes halogenated alkanes) is 3. The molecule has 0 saturated heterocycles. The first-order chi connectivity index (χ1) is 16.9. The van der Waals surface area contributed by atoms with E-state index < -0.39 is 29.9 Å². The number of nitrogens with zero attached hydrogens (tertiary/aromatic N) is 1. The second kappa shape index (κ2) is 12.7. The zero-order valence-corrected chi connectivity index (χ0v) is 19.5. The lowest BCUT2D eigenvalue weighted by Crippen LogP contribution is -2.53. The second-order valence-corrected chi connectivity index (χ2v) is 8.65. The summed E-state index contributed by atoms with van der Waals surface area (Å²) in [4.78, 5) is 50.9. The molecule has 2 aromatic carbocycles. The van der Waals surface area contributed by atoms with Crippen molar-refractivity contribution in [3.8, 4) is 0 Å². The molecule has 9 nitrogen and oxygen atoms in total. The summed E-state index contributed by atoms with van der Waals surface area (Å²) < 4.78 is 0. The fraction of sp³-hybridized carbons (Fsp3) is 0.385. The van der Waals surface area contributed by atoms with Gasteiger partial charge in [0.15, 0.2) is 6.04 Å². The maximum absolute atomic E-state index is 13.3. The Morgan fingerprint density at radius 2 is 1.51 bits per heavy atom. The van der Waals surface area contributed by atoms with Gasteiger partial charge in [0.25, 0.3) is 0 Å². The maximum atomic E-state index is 13.3. The molecule has 35 heavy (non-hydrogen) atoms. The Bertz CT molecular complexity index is 1040. The zero-order valence-electron chi connectivity index (χ0n) is 19.5. The van der Waals surface area contributed by atoms with Crippen LogP contribution in [-0.2, 0) is 32.1 Å². The van der Waals surface area contributed by atoms with Crippen LogP contribution in [-0.4, -0.2) is 44.9 Å². The van der Waals surface area contributed by atoms with Gasteiger partial charge in [-0.15, -0.1) is 0 Å². The largest absolute Gasteiger partial charge is 0.479 e. The van der Waals surface area contributed by atoms with Gasteiger partial charge in [-0.05, 0) is 29.5 Å². The van der Waals surface area contributed by atoms with E-state index in [9.17, 15) is 24.3 Å². The molecule has 0 unspecified atom stereocenters. The molecule has 3 amide bonds. The Kier molecular flexibility index (Phi) is 9.37. The summed E-state index contributed by atoms with van der Waals surface area (Å²) in [6, 6.07) is 14.1. The molecule has 9 heteroatoms. The van der Waals surface area contributed by atoms with Crippen molar-refractivity contribution >= 4 is 23.7 Å². The van der Waals surface area contributed by atoms with E-state index in [1.165, 1.54) is 0 Å². The fourth-order valence-electron chi connectivity index (χ4n) is 4.31. The molecule has 0 aromatic heterocycles. The zero-order chi connectivity index (χ0) is 25.2. The summed E-state index contributed by atoms with van der Waals surface area (Å²) in [7, 11) is 0. The Morgan fingerprint density at radius 1 is 0.886 bits per heavy atom. The van der Waals surface area contributed by atoms with Crippen LogP contribution in [0.2, 0.25) is 0 Å². The average Bonchev–Trinajstić information content (AvgIpc) is 2.88. The van der Waals surface area contributed by atoms with Gasteiger partial charge in [-0.1, -0.05) is 67.4 Å². The van der Waals surface area contributed by atoms with Crippen molar-refractivity contribution in [2.24, 2.45) is 0 Å². The predicted octanol–water partition coefficient (Wildman–Crippen LogP) is 2.73. The molecule has 3 rings (SSSR count). The lowest BCUT2D eigenvalue weighted by molar-refractivity contribution is -0.145. The van der Waals surface area contributed by atoms with Gasteiger partial charge in [0.2, 0.25) is 17.7 Å². The summed E-state index contributed by atoms with van der Waals surface area (Å²) in [6.45, 7) is 0.285. The Balaban J connectivity index is 1.67. The van der Waals surface area contributed by atoms with Crippen molar-refractivity contribution < 1.29 is 29.5 Å². The van der Waals surface area contributed by atoms with Crippen molar-refractivity contribution in [1.29, 1.82) is 0 Å².